The second-order valence-corrected chi connectivity index (χ2v) is 5.23. The first-order chi connectivity index (χ1) is 10.5. The standard InChI is InChI=1S/C15H11ClF3N3/c16-8-1-3-12-10(5-8)15(20)21-11-6-9(17)2-4-13(11)22(12)7-14(18)19/h1-6,14H,7H2,(H2,20,21). The Balaban J connectivity index is 2.26. The second-order valence-electron chi connectivity index (χ2n) is 4.79. The van der Waals surface area contributed by atoms with Gasteiger partial charge in [-0.2, -0.15) is 0 Å². The second kappa shape index (κ2) is 5.53. The highest BCUT2D eigenvalue weighted by Gasteiger charge is 2.25. The summed E-state index contributed by atoms with van der Waals surface area (Å²) in [6.07, 6.45) is -2.58. The SMILES string of the molecule is NC1=Nc2cc(F)ccc2N(CC(F)F)c2ccc(Cl)cc21. The van der Waals surface area contributed by atoms with Crippen LogP contribution in [0.5, 0.6) is 0 Å². The molecule has 1 aliphatic rings. The van der Waals surface area contributed by atoms with E-state index in [4.69, 9.17) is 17.3 Å². The first kappa shape index (κ1) is 14.7. The van der Waals surface area contributed by atoms with Crippen LogP contribution in [0.1, 0.15) is 5.56 Å². The van der Waals surface area contributed by atoms with Gasteiger partial charge in [0.05, 0.1) is 23.6 Å². The topological polar surface area (TPSA) is 41.6 Å². The van der Waals surface area contributed by atoms with Crippen LogP contribution in [-0.4, -0.2) is 18.8 Å². The van der Waals surface area contributed by atoms with E-state index in [1.54, 1.807) is 18.2 Å². The third-order valence-electron chi connectivity index (χ3n) is 3.32. The summed E-state index contributed by atoms with van der Waals surface area (Å²) in [5, 5.41) is 0.408. The summed E-state index contributed by atoms with van der Waals surface area (Å²) in [5.74, 6) is -0.419. The van der Waals surface area contributed by atoms with E-state index in [-0.39, 0.29) is 11.5 Å². The smallest absolute Gasteiger partial charge is 0.256 e. The summed E-state index contributed by atoms with van der Waals surface area (Å²) in [7, 11) is 0. The number of fused-ring (bicyclic) bond motifs is 2. The van der Waals surface area contributed by atoms with Crippen molar-refractivity contribution in [2.24, 2.45) is 10.7 Å². The monoisotopic (exact) mass is 325 g/mol. The lowest BCUT2D eigenvalue weighted by molar-refractivity contribution is 0.158. The zero-order chi connectivity index (χ0) is 15.9. The fraction of sp³-hybridized carbons (Fsp3) is 0.133. The van der Waals surface area contributed by atoms with Crippen molar-refractivity contribution in [1.82, 2.24) is 0 Å². The molecule has 3 rings (SSSR count). The van der Waals surface area contributed by atoms with Crippen molar-refractivity contribution in [3.05, 3.63) is 52.8 Å². The summed E-state index contributed by atoms with van der Waals surface area (Å²) in [5.41, 5.74) is 7.38. The minimum Gasteiger partial charge on any atom is -0.383 e. The van der Waals surface area contributed by atoms with Gasteiger partial charge in [0, 0.05) is 16.7 Å². The largest absolute Gasteiger partial charge is 0.383 e. The van der Waals surface area contributed by atoms with Crippen LogP contribution in [0.25, 0.3) is 0 Å². The zero-order valence-electron chi connectivity index (χ0n) is 11.2. The minimum absolute atomic E-state index is 0.0983. The van der Waals surface area contributed by atoms with Gasteiger partial charge in [-0.1, -0.05) is 11.6 Å². The summed E-state index contributed by atoms with van der Waals surface area (Å²) in [6.45, 7) is -0.559. The third-order valence-corrected chi connectivity index (χ3v) is 3.55. The molecule has 0 saturated heterocycles. The van der Waals surface area contributed by atoms with Gasteiger partial charge in [0.25, 0.3) is 6.43 Å². The van der Waals surface area contributed by atoms with Crippen molar-refractivity contribution in [3.8, 4) is 0 Å². The molecule has 0 spiro atoms. The highest BCUT2D eigenvalue weighted by molar-refractivity contribution is 6.31. The molecule has 22 heavy (non-hydrogen) atoms. The van der Waals surface area contributed by atoms with Crippen LogP contribution in [0.15, 0.2) is 41.4 Å². The van der Waals surface area contributed by atoms with Crippen LogP contribution in [-0.2, 0) is 0 Å². The lowest BCUT2D eigenvalue weighted by Gasteiger charge is -2.26. The Hall–Kier alpha value is -2.21. The Bertz CT molecular complexity index is 762. The molecular formula is C15H11ClF3N3. The van der Waals surface area contributed by atoms with E-state index >= 15 is 0 Å². The number of amidine groups is 1. The maximum atomic E-state index is 13.4. The summed E-state index contributed by atoms with van der Waals surface area (Å²) >= 11 is 5.95. The number of halogens is 4. The van der Waals surface area contributed by atoms with Crippen molar-refractivity contribution >= 4 is 34.5 Å². The Morgan fingerprint density at radius 1 is 1.14 bits per heavy atom. The molecule has 2 N–H and O–H groups in total. The highest BCUT2D eigenvalue weighted by Crippen LogP contribution is 2.40. The maximum absolute atomic E-state index is 13.4. The van der Waals surface area contributed by atoms with Gasteiger partial charge in [-0.25, -0.2) is 18.2 Å². The molecule has 1 heterocycles. The molecule has 1 aliphatic heterocycles. The minimum atomic E-state index is -2.58. The van der Waals surface area contributed by atoms with Gasteiger partial charge in [0.2, 0.25) is 0 Å². The van der Waals surface area contributed by atoms with E-state index in [1.807, 2.05) is 0 Å². The number of hydrogen-bond acceptors (Lipinski definition) is 3. The van der Waals surface area contributed by atoms with E-state index in [0.29, 0.717) is 22.0 Å². The van der Waals surface area contributed by atoms with Crippen molar-refractivity contribution < 1.29 is 13.2 Å². The van der Waals surface area contributed by atoms with E-state index in [0.717, 1.165) is 6.07 Å². The van der Waals surface area contributed by atoms with E-state index < -0.39 is 18.8 Å². The van der Waals surface area contributed by atoms with Crippen LogP contribution in [0, 0.1) is 5.82 Å². The van der Waals surface area contributed by atoms with Gasteiger partial charge in [0.15, 0.2) is 0 Å². The first-order valence-corrected chi connectivity index (χ1v) is 6.83. The molecule has 2 aromatic carbocycles. The van der Waals surface area contributed by atoms with Gasteiger partial charge < -0.3 is 10.6 Å². The predicted molar refractivity (Wildman–Crippen MR) is 81.2 cm³/mol. The van der Waals surface area contributed by atoms with Crippen molar-refractivity contribution in [1.29, 1.82) is 0 Å². The molecule has 0 aromatic heterocycles. The van der Waals surface area contributed by atoms with Crippen molar-refractivity contribution in [2.75, 3.05) is 11.4 Å². The Morgan fingerprint density at radius 3 is 2.59 bits per heavy atom. The highest BCUT2D eigenvalue weighted by atomic mass is 35.5. The molecule has 7 heteroatoms. The normalized spacial score (nSPS) is 13.5. The molecule has 0 fully saturated rings. The molecule has 114 valence electrons. The third kappa shape index (κ3) is 2.62. The number of rotatable bonds is 2. The number of aliphatic imine (C=N–C) groups is 1. The number of anilines is 2. The van der Waals surface area contributed by atoms with Crippen LogP contribution in [0.2, 0.25) is 5.02 Å². The lowest BCUT2D eigenvalue weighted by atomic mass is 10.1. The average Bonchev–Trinajstić information content (AvgIpc) is 2.54. The summed E-state index contributed by atoms with van der Waals surface area (Å²) < 4.78 is 39.4. The van der Waals surface area contributed by atoms with Gasteiger partial charge in [-0.3, -0.25) is 0 Å². The molecule has 0 radical (unpaired) electrons. The molecule has 0 aliphatic carbocycles. The van der Waals surface area contributed by atoms with Gasteiger partial charge >= 0.3 is 0 Å². The molecule has 3 nitrogen and oxygen atoms in total. The Morgan fingerprint density at radius 2 is 1.86 bits per heavy atom. The number of hydrogen-bond donors (Lipinski definition) is 1. The number of benzene rings is 2. The Kier molecular flexibility index (Phi) is 3.70. The fourth-order valence-electron chi connectivity index (χ4n) is 2.42. The molecule has 0 amide bonds. The Labute approximate surface area is 129 Å². The predicted octanol–water partition coefficient (Wildman–Crippen LogP) is 4.23. The van der Waals surface area contributed by atoms with Crippen LogP contribution in [0.4, 0.5) is 30.2 Å². The molecule has 0 saturated carbocycles. The van der Waals surface area contributed by atoms with E-state index in [1.165, 1.54) is 17.0 Å². The van der Waals surface area contributed by atoms with E-state index in [2.05, 4.69) is 4.99 Å². The molecule has 0 unspecified atom stereocenters. The van der Waals surface area contributed by atoms with Gasteiger partial charge in [-0.05, 0) is 30.3 Å². The molecular weight excluding hydrogens is 315 g/mol. The molecule has 2 aromatic rings. The molecule has 0 bridgehead atoms. The van der Waals surface area contributed by atoms with Crippen molar-refractivity contribution in [3.63, 3.8) is 0 Å². The van der Waals surface area contributed by atoms with Crippen LogP contribution >= 0.6 is 11.6 Å². The van der Waals surface area contributed by atoms with E-state index in [9.17, 15) is 13.2 Å². The van der Waals surface area contributed by atoms with Gasteiger partial charge in [-0.15, -0.1) is 0 Å². The van der Waals surface area contributed by atoms with Gasteiger partial charge in [0.1, 0.15) is 11.7 Å². The van der Waals surface area contributed by atoms with Crippen LogP contribution < -0.4 is 10.6 Å². The number of nitrogens with two attached hydrogens (primary N) is 1. The average molecular weight is 326 g/mol. The summed E-state index contributed by atoms with van der Waals surface area (Å²) in [4.78, 5) is 5.52. The number of alkyl halides is 2. The fourth-order valence-corrected chi connectivity index (χ4v) is 2.59. The zero-order valence-corrected chi connectivity index (χ0v) is 12.0. The molecule has 0 atom stereocenters. The lowest BCUT2D eigenvalue weighted by Crippen LogP contribution is -2.25. The summed E-state index contributed by atoms with van der Waals surface area (Å²) in [6, 6.07) is 8.50. The van der Waals surface area contributed by atoms with Crippen LogP contribution in [0.3, 0.4) is 0 Å². The first-order valence-electron chi connectivity index (χ1n) is 6.45. The quantitative estimate of drug-likeness (QED) is 0.897. The number of nitrogens with zero attached hydrogens (tertiary/aromatic N) is 2. The van der Waals surface area contributed by atoms with Crippen molar-refractivity contribution in [2.45, 2.75) is 6.43 Å². The maximum Gasteiger partial charge on any atom is 0.256 e.